The van der Waals surface area contributed by atoms with Gasteiger partial charge in [0.1, 0.15) is 5.01 Å². The minimum atomic E-state index is 0.659. The Hall–Kier alpha value is -1.92. The number of hydrogen-bond acceptors (Lipinski definition) is 4. The summed E-state index contributed by atoms with van der Waals surface area (Å²) >= 11 is 1.69. The average Bonchev–Trinajstić information content (AvgIpc) is 3.03. The highest BCUT2D eigenvalue weighted by atomic mass is 32.1. The molecule has 0 radical (unpaired) electrons. The van der Waals surface area contributed by atoms with Crippen molar-refractivity contribution in [3.05, 3.63) is 40.9 Å². The highest BCUT2D eigenvalue weighted by Crippen LogP contribution is 2.23. The van der Waals surface area contributed by atoms with E-state index in [0.717, 1.165) is 36.2 Å². The number of thiazole rings is 1. The van der Waals surface area contributed by atoms with E-state index >= 15 is 0 Å². The SMILES string of the molecule is CN=C(NCCOC)NCCc1csc(-c2ccc(C)cc2)n1. The van der Waals surface area contributed by atoms with Crippen molar-refractivity contribution < 1.29 is 4.74 Å². The van der Waals surface area contributed by atoms with Gasteiger partial charge in [-0.05, 0) is 6.92 Å². The molecule has 2 N–H and O–H groups in total. The van der Waals surface area contributed by atoms with Crippen molar-refractivity contribution in [2.75, 3.05) is 33.9 Å². The maximum absolute atomic E-state index is 5.01. The summed E-state index contributed by atoms with van der Waals surface area (Å²) in [6, 6.07) is 8.48. The number of hydrogen-bond donors (Lipinski definition) is 2. The number of aromatic nitrogens is 1. The molecule has 0 saturated carbocycles. The lowest BCUT2D eigenvalue weighted by Gasteiger charge is -2.10. The average molecular weight is 332 g/mol. The first-order valence-corrected chi connectivity index (χ1v) is 8.56. The maximum atomic E-state index is 5.01. The first-order chi connectivity index (χ1) is 11.2. The molecule has 1 aromatic heterocycles. The molecular formula is C17H24N4OS. The molecule has 0 amide bonds. The summed E-state index contributed by atoms with van der Waals surface area (Å²) in [5.74, 6) is 0.788. The second-order valence-electron chi connectivity index (χ2n) is 5.18. The van der Waals surface area contributed by atoms with E-state index < -0.39 is 0 Å². The zero-order chi connectivity index (χ0) is 16.5. The van der Waals surface area contributed by atoms with Crippen LogP contribution < -0.4 is 10.6 Å². The van der Waals surface area contributed by atoms with Gasteiger partial charge in [0.25, 0.3) is 0 Å². The van der Waals surface area contributed by atoms with Gasteiger partial charge in [-0.1, -0.05) is 29.8 Å². The molecule has 5 nitrogen and oxygen atoms in total. The lowest BCUT2D eigenvalue weighted by molar-refractivity contribution is 0.203. The van der Waals surface area contributed by atoms with Crippen molar-refractivity contribution in [2.45, 2.75) is 13.3 Å². The minimum Gasteiger partial charge on any atom is -0.383 e. The molecule has 124 valence electrons. The van der Waals surface area contributed by atoms with Crippen LogP contribution in [0.25, 0.3) is 10.6 Å². The first-order valence-electron chi connectivity index (χ1n) is 7.68. The highest BCUT2D eigenvalue weighted by molar-refractivity contribution is 7.13. The Kier molecular flexibility index (Phi) is 7.03. The fourth-order valence-corrected chi connectivity index (χ4v) is 2.91. The van der Waals surface area contributed by atoms with Gasteiger partial charge in [-0.2, -0.15) is 0 Å². The first kappa shape index (κ1) is 17.4. The van der Waals surface area contributed by atoms with Gasteiger partial charge < -0.3 is 15.4 Å². The molecule has 2 rings (SSSR count). The summed E-state index contributed by atoms with van der Waals surface area (Å²) in [5.41, 5.74) is 3.55. The van der Waals surface area contributed by atoms with Crippen LogP contribution in [0.2, 0.25) is 0 Å². The Balaban J connectivity index is 1.81. The van der Waals surface area contributed by atoms with Gasteiger partial charge in [0.2, 0.25) is 0 Å². The standard InChI is InChI=1S/C17H24N4OS/c1-13-4-6-14(7-5-13)16-21-15(12-23-16)8-9-19-17(18-2)20-10-11-22-3/h4-7,12H,8-11H2,1-3H3,(H2,18,19,20). The molecule has 2 aromatic rings. The van der Waals surface area contributed by atoms with E-state index in [9.17, 15) is 0 Å². The largest absolute Gasteiger partial charge is 0.383 e. The van der Waals surface area contributed by atoms with Gasteiger partial charge >= 0.3 is 0 Å². The monoisotopic (exact) mass is 332 g/mol. The van der Waals surface area contributed by atoms with Gasteiger partial charge in [0.05, 0.1) is 12.3 Å². The third kappa shape index (κ3) is 5.65. The number of methoxy groups -OCH3 is 1. The molecule has 0 atom stereocenters. The molecule has 0 fully saturated rings. The number of aryl methyl sites for hydroxylation is 1. The Bertz CT molecular complexity index is 622. The summed E-state index contributed by atoms with van der Waals surface area (Å²) in [6.45, 7) is 4.29. The van der Waals surface area contributed by atoms with E-state index in [-0.39, 0.29) is 0 Å². The zero-order valence-corrected chi connectivity index (χ0v) is 14.7. The number of guanidine groups is 1. The third-order valence-electron chi connectivity index (χ3n) is 3.35. The van der Waals surface area contributed by atoms with Crippen molar-refractivity contribution in [2.24, 2.45) is 4.99 Å². The summed E-state index contributed by atoms with van der Waals surface area (Å²) in [6.07, 6.45) is 0.868. The Labute approximate surface area is 141 Å². The molecule has 0 spiro atoms. The van der Waals surface area contributed by atoms with Crippen molar-refractivity contribution in [3.8, 4) is 10.6 Å². The van der Waals surface area contributed by atoms with Gasteiger partial charge in [-0.15, -0.1) is 11.3 Å². The van der Waals surface area contributed by atoms with Gasteiger partial charge in [0, 0.05) is 44.6 Å². The van der Waals surface area contributed by atoms with E-state index in [1.165, 1.54) is 11.1 Å². The van der Waals surface area contributed by atoms with E-state index in [1.807, 2.05) is 0 Å². The summed E-state index contributed by atoms with van der Waals surface area (Å²) in [5, 5.41) is 9.67. The van der Waals surface area contributed by atoms with Crippen LogP contribution in [0.4, 0.5) is 0 Å². The van der Waals surface area contributed by atoms with Crippen LogP contribution in [-0.4, -0.2) is 44.8 Å². The van der Waals surface area contributed by atoms with Crippen molar-refractivity contribution in [1.29, 1.82) is 0 Å². The number of rotatable bonds is 7. The molecule has 0 aliphatic heterocycles. The Morgan fingerprint density at radius 2 is 1.96 bits per heavy atom. The minimum absolute atomic E-state index is 0.659. The van der Waals surface area contributed by atoms with E-state index in [2.05, 4.69) is 52.2 Å². The van der Waals surface area contributed by atoms with Crippen LogP contribution in [-0.2, 0) is 11.2 Å². The molecule has 0 aliphatic rings. The molecule has 6 heteroatoms. The van der Waals surface area contributed by atoms with Crippen LogP contribution in [0.1, 0.15) is 11.3 Å². The fourth-order valence-electron chi connectivity index (χ4n) is 2.05. The lowest BCUT2D eigenvalue weighted by atomic mass is 10.2. The van der Waals surface area contributed by atoms with Gasteiger partial charge in [-0.25, -0.2) is 4.98 Å². The predicted octanol–water partition coefficient (Wildman–Crippen LogP) is 2.47. The van der Waals surface area contributed by atoms with Crippen molar-refractivity contribution >= 4 is 17.3 Å². The number of aliphatic imine (C=N–C) groups is 1. The summed E-state index contributed by atoms with van der Waals surface area (Å²) < 4.78 is 5.01. The van der Waals surface area contributed by atoms with Crippen LogP contribution in [0.3, 0.4) is 0 Å². The fraction of sp³-hybridized carbons (Fsp3) is 0.412. The smallest absolute Gasteiger partial charge is 0.191 e. The van der Waals surface area contributed by atoms with E-state index in [4.69, 9.17) is 9.72 Å². The second kappa shape index (κ2) is 9.27. The quantitative estimate of drug-likeness (QED) is 0.465. The summed E-state index contributed by atoms with van der Waals surface area (Å²) in [4.78, 5) is 8.88. The predicted molar refractivity (Wildman–Crippen MR) is 97.2 cm³/mol. The number of ether oxygens (including phenoxy) is 1. The van der Waals surface area contributed by atoms with Crippen molar-refractivity contribution in [1.82, 2.24) is 15.6 Å². The topological polar surface area (TPSA) is 58.5 Å². The van der Waals surface area contributed by atoms with Crippen LogP contribution in [0.15, 0.2) is 34.6 Å². The zero-order valence-electron chi connectivity index (χ0n) is 13.9. The third-order valence-corrected chi connectivity index (χ3v) is 4.29. The van der Waals surface area contributed by atoms with E-state index in [1.54, 1.807) is 25.5 Å². The molecule has 0 aliphatic carbocycles. The normalized spacial score (nSPS) is 11.5. The molecule has 0 unspecified atom stereocenters. The number of nitrogens with zero attached hydrogens (tertiary/aromatic N) is 2. The molecular weight excluding hydrogens is 308 g/mol. The molecule has 0 bridgehead atoms. The van der Waals surface area contributed by atoms with Crippen LogP contribution >= 0.6 is 11.3 Å². The van der Waals surface area contributed by atoms with Crippen LogP contribution in [0.5, 0.6) is 0 Å². The second-order valence-corrected chi connectivity index (χ2v) is 6.04. The highest BCUT2D eigenvalue weighted by Gasteiger charge is 2.05. The van der Waals surface area contributed by atoms with Gasteiger partial charge in [-0.3, -0.25) is 4.99 Å². The Morgan fingerprint density at radius 3 is 2.65 bits per heavy atom. The van der Waals surface area contributed by atoms with E-state index in [0.29, 0.717) is 6.61 Å². The molecule has 23 heavy (non-hydrogen) atoms. The summed E-state index contributed by atoms with van der Waals surface area (Å²) in [7, 11) is 3.45. The van der Waals surface area contributed by atoms with Crippen LogP contribution in [0, 0.1) is 6.92 Å². The number of nitrogens with one attached hydrogen (secondary N) is 2. The molecule has 1 aromatic carbocycles. The van der Waals surface area contributed by atoms with Crippen molar-refractivity contribution in [3.63, 3.8) is 0 Å². The van der Waals surface area contributed by atoms with Gasteiger partial charge in [0.15, 0.2) is 5.96 Å². The number of benzene rings is 1. The Morgan fingerprint density at radius 1 is 1.22 bits per heavy atom. The lowest BCUT2D eigenvalue weighted by Crippen LogP contribution is -2.39. The molecule has 0 saturated heterocycles. The molecule has 1 heterocycles. The maximum Gasteiger partial charge on any atom is 0.191 e.